The van der Waals surface area contributed by atoms with Gasteiger partial charge in [0.1, 0.15) is 10.7 Å². The second kappa shape index (κ2) is 5.62. The Kier molecular flexibility index (Phi) is 3.91. The molecule has 1 aromatic carbocycles. The van der Waals surface area contributed by atoms with Crippen LogP contribution in [0.15, 0.2) is 30.3 Å². The Morgan fingerprint density at radius 3 is 2.53 bits per heavy atom. The third-order valence-corrected chi connectivity index (χ3v) is 2.57. The number of nitrogens with two attached hydrogens (primary N) is 1. The van der Waals surface area contributed by atoms with Crippen LogP contribution < -0.4 is 15.2 Å². The summed E-state index contributed by atoms with van der Waals surface area (Å²) >= 11 is 4.90. The first kappa shape index (κ1) is 13.2. The number of aromatic nitrogens is 2. The molecule has 0 radical (unpaired) electrons. The molecule has 1 aromatic heterocycles. The minimum absolute atomic E-state index is 0.187. The standard InChI is InChI=1S/C13H13N3O2S/c1-8-7-9(12(14)19)16-13(15-8)18-11-6-4-3-5-10(11)17-2/h3-7H,1-2H3,(H2,14,19). The number of hydrogen-bond donors (Lipinski definition) is 1. The molecule has 0 atom stereocenters. The van der Waals surface area contributed by atoms with E-state index in [0.29, 0.717) is 17.2 Å². The zero-order valence-electron chi connectivity index (χ0n) is 10.6. The third-order valence-electron chi connectivity index (χ3n) is 2.36. The molecule has 0 aliphatic heterocycles. The van der Waals surface area contributed by atoms with E-state index in [-0.39, 0.29) is 11.0 Å². The van der Waals surface area contributed by atoms with E-state index >= 15 is 0 Å². The van der Waals surface area contributed by atoms with Crippen LogP contribution in [0.2, 0.25) is 0 Å². The minimum atomic E-state index is 0.187. The van der Waals surface area contributed by atoms with Gasteiger partial charge in [0.25, 0.3) is 0 Å². The highest BCUT2D eigenvalue weighted by molar-refractivity contribution is 7.80. The van der Waals surface area contributed by atoms with Crippen LogP contribution >= 0.6 is 12.2 Å². The van der Waals surface area contributed by atoms with E-state index in [1.165, 1.54) is 0 Å². The van der Waals surface area contributed by atoms with Gasteiger partial charge < -0.3 is 15.2 Å². The smallest absolute Gasteiger partial charge is 0.322 e. The fraction of sp³-hybridized carbons (Fsp3) is 0.154. The minimum Gasteiger partial charge on any atom is -0.493 e. The van der Waals surface area contributed by atoms with Crippen molar-refractivity contribution in [2.75, 3.05) is 7.11 Å². The molecule has 0 aliphatic rings. The Labute approximate surface area is 116 Å². The Bertz CT molecular complexity index is 617. The number of para-hydroxylation sites is 2. The summed E-state index contributed by atoms with van der Waals surface area (Å²) in [5.41, 5.74) is 6.77. The van der Waals surface area contributed by atoms with Crippen molar-refractivity contribution in [1.29, 1.82) is 0 Å². The van der Waals surface area contributed by atoms with Gasteiger partial charge >= 0.3 is 6.01 Å². The molecule has 2 N–H and O–H groups in total. The number of rotatable bonds is 4. The van der Waals surface area contributed by atoms with Gasteiger partial charge in [0, 0.05) is 5.69 Å². The van der Waals surface area contributed by atoms with E-state index in [1.807, 2.05) is 19.1 Å². The van der Waals surface area contributed by atoms with Crippen LogP contribution in [-0.4, -0.2) is 22.1 Å². The predicted molar refractivity (Wildman–Crippen MR) is 75.7 cm³/mol. The monoisotopic (exact) mass is 275 g/mol. The van der Waals surface area contributed by atoms with Crippen molar-refractivity contribution in [3.05, 3.63) is 41.7 Å². The molecule has 0 bridgehead atoms. The fourth-order valence-electron chi connectivity index (χ4n) is 1.51. The highest BCUT2D eigenvalue weighted by Crippen LogP contribution is 2.29. The molecule has 0 fully saturated rings. The van der Waals surface area contributed by atoms with E-state index < -0.39 is 0 Å². The Balaban J connectivity index is 2.35. The van der Waals surface area contributed by atoms with E-state index in [2.05, 4.69) is 9.97 Å². The summed E-state index contributed by atoms with van der Waals surface area (Å²) in [5, 5.41) is 0. The number of nitrogens with zero attached hydrogens (tertiary/aromatic N) is 2. The predicted octanol–water partition coefficient (Wildman–Crippen LogP) is 2.22. The maximum Gasteiger partial charge on any atom is 0.322 e. The highest BCUT2D eigenvalue weighted by Gasteiger charge is 2.09. The van der Waals surface area contributed by atoms with Crippen LogP contribution in [0.3, 0.4) is 0 Å². The van der Waals surface area contributed by atoms with E-state index in [1.54, 1.807) is 25.3 Å². The normalized spacial score (nSPS) is 10.0. The van der Waals surface area contributed by atoms with Crippen LogP contribution in [0.1, 0.15) is 11.4 Å². The van der Waals surface area contributed by atoms with Gasteiger partial charge in [-0.1, -0.05) is 24.4 Å². The summed E-state index contributed by atoms with van der Waals surface area (Å²) in [4.78, 5) is 8.54. The Morgan fingerprint density at radius 1 is 1.21 bits per heavy atom. The van der Waals surface area contributed by atoms with Gasteiger partial charge in [-0.3, -0.25) is 0 Å². The summed E-state index contributed by atoms with van der Waals surface area (Å²) < 4.78 is 10.8. The van der Waals surface area contributed by atoms with E-state index in [4.69, 9.17) is 27.4 Å². The molecule has 0 spiro atoms. The molecule has 0 saturated carbocycles. The molecule has 5 nitrogen and oxygen atoms in total. The molecule has 2 aromatic rings. The summed E-state index contributed by atoms with van der Waals surface area (Å²) in [7, 11) is 1.57. The molecule has 6 heteroatoms. The molecule has 98 valence electrons. The Morgan fingerprint density at radius 2 is 1.89 bits per heavy atom. The quantitative estimate of drug-likeness (QED) is 0.863. The molecule has 0 amide bonds. The first-order chi connectivity index (χ1) is 9.10. The maximum atomic E-state index is 5.61. The van der Waals surface area contributed by atoms with Crippen LogP contribution in [0.5, 0.6) is 17.5 Å². The highest BCUT2D eigenvalue weighted by atomic mass is 32.1. The second-order valence-corrected chi connectivity index (χ2v) is 4.23. The van der Waals surface area contributed by atoms with Crippen LogP contribution in [0.25, 0.3) is 0 Å². The van der Waals surface area contributed by atoms with Gasteiger partial charge in [0.2, 0.25) is 0 Å². The van der Waals surface area contributed by atoms with Gasteiger partial charge in [0.05, 0.1) is 7.11 Å². The van der Waals surface area contributed by atoms with Gasteiger partial charge in [-0.2, -0.15) is 4.98 Å². The third kappa shape index (κ3) is 3.17. The summed E-state index contributed by atoms with van der Waals surface area (Å²) in [6.45, 7) is 1.82. The number of aryl methyl sites for hydroxylation is 1. The fourth-order valence-corrected chi connectivity index (χ4v) is 1.62. The lowest BCUT2D eigenvalue weighted by Crippen LogP contribution is -2.13. The van der Waals surface area contributed by atoms with Crippen molar-refractivity contribution in [3.63, 3.8) is 0 Å². The lowest BCUT2D eigenvalue weighted by Gasteiger charge is -2.09. The zero-order chi connectivity index (χ0) is 13.8. The van der Waals surface area contributed by atoms with Gasteiger partial charge in [0.15, 0.2) is 11.5 Å². The number of thiocarbonyl (C=S) groups is 1. The molecule has 1 heterocycles. The first-order valence-corrected chi connectivity index (χ1v) is 5.97. The van der Waals surface area contributed by atoms with Crippen molar-refractivity contribution in [1.82, 2.24) is 9.97 Å². The van der Waals surface area contributed by atoms with Crippen LogP contribution in [0, 0.1) is 6.92 Å². The molecular weight excluding hydrogens is 262 g/mol. The largest absolute Gasteiger partial charge is 0.493 e. The maximum absolute atomic E-state index is 5.61. The van der Waals surface area contributed by atoms with Gasteiger partial charge in [-0.15, -0.1) is 0 Å². The second-order valence-electron chi connectivity index (χ2n) is 3.79. The summed E-state index contributed by atoms with van der Waals surface area (Å²) in [6, 6.07) is 9.14. The van der Waals surface area contributed by atoms with Crippen molar-refractivity contribution >= 4 is 17.2 Å². The zero-order valence-corrected chi connectivity index (χ0v) is 11.4. The van der Waals surface area contributed by atoms with E-state index in [9.17, 15) is 0 Å². The number of hydrogen-bond acceptors (Lipinski definition) is 5. The first-order valence-electron chi connectivity index (χ1n) is 5.56. The number of methoxy groups -OCH3 is 1. The average Bonchev–Trinajstić information content (AvgIpc) is 2.38. The van der Waals surface area contributed by atoms with Crippen LogP contribution in [-0.2, 0) is 0 Å². The molecule has 0 saturated heterocycles. The van der Waals surface area contributed by atoms with Crippen molar-refractivity contribution in [3.8, 4) is 17.5 Å². The summed E-state index contributed by atoms with van der Waals surface area (Å²) in [6.07, 6.45) is 0. The number of ether oxygens (including phenoxy) is 2. The summed E-state index contributed by atoms with van der Waals surface area (Å²) in [5.74, 6) is 1.13. The van der Waals surface area contributed by atoms with Gasteiger partial charge in [-0.25, -0.2) is 4.98 Å². The van der Waals surface area contributed by atoms with Gasteiger partial charge in [-0.05, 0) is 25.1 Å². The van der Waals surface area contributed by atoms with E-state index in [0.717, 1.165) is 5.69 Å². The van der Waals surface area contributed by atoms with Crippen molar-refractivity contribution < 1.29 is 9.47 Å². The molecular formula is C13H13N3O2S. The topological polar surface area (TPSA) is 70.3 Å². The SMILES string of the molecule is COc1ccccc1Oc1nc(C)cc(C(N)=S)n1. The molecule has 0 unspecified atom stereocenters. The molecule has 0 aliphatic carbocycles. The van der Waals surface area contributed by atoms with Crippen molar-refractivity contribution in [2.45, 2.75) is 6.92 Å². The molecule has 2 rings (SSSR count). The lowest BCUT2D eigenvalue weighted by molar-refractivity contribution is 0.367. The lowest BCUT2D eigenvalue weighted by atomic mass is 10.3. The van der Waals surface area contributed by atoms with Crippen LogP contribution in [0.4, 0.5) is 0 Å². The van der Waals surface area contributed by atoms with Crippen molar-refractivity contribution in [2.24, 2.45) is 5.73 Å². The Hall–Kier alpha value is -2.21. The average molecular weight is 275 g/mol. The number of benzene rings is 1. The molecule has 19 heavy (non-hydrogen) atoms.